The van der Waals surface area contributed by atoms with Crippen LogP contribution in [0.15, 0.2) is 0 Å². The highest BCUT2D eigenvalue weighted by atomic mass is 16.2. The first-order chi connectivity index (χ1) is 4.31. The number of urea groups is 1. The lowest BCUT2D eigenvalue weighted by Gasteiger charge is -2.00. The van der Waals surface area contributed by atoms with E-state index in [1.165, 1.54) is 7.05 Å². The van der Waals surface area contributed by atoms with Gasteiger partial charge in [-0.05, 0) is 0 Å². The molecule has 0 heterocycles. The highest BCUT2D eigenvalue weighted by Crippen LogP contribution is 1.54. The minimum Gasteiger partial charge on any atom is -0.341 e. The first kappa shape index (κ1) is 7.74. The summed E-state index contributed by atoms with van der Waals surface area (Å²) in [4.78, 5) is 19.9. The fraction of sp³-hybridized carbons (Fsp3) is 0.500. The Labute approximate surface area is 52.8 Å². The molecule has 5 nitrogen and oxygen atoms in total. The second-order valence-corrected chi connectivity index (χ2v) is 1.25. The molecule has 0 aromatic rings. The second-order valence-electron chi connectivity index (χ2n) is 1.25. The van der Waals surface area contributed by atoms with Gasteiger partial charge < -0.3 is 16.0 Å². The molecule has 0 unspecified atom stereocenters. The van der Waals surface area contributed by atoms with Gasteiger partial charge in [0.15, 0.2) is 0 Å². The minimum atomic E-state index is -0.315. The summed E-state index contributed by atoms with van der Waals surface area (Å²) >= 11 is 0. The normalized spacial score (nSPS) is 7.67. The van der Waals surface area contributed by atoms with E-state index in [1.807, 2.05) is 0 Å². The van der Waals surface area contributed by atoms with Crippen molar-refractivity contribution in [2.75, 3.05) is 13.7 Å². The largest absolute Gasteiger partial charge is 0.341 e. The Morgan fingerprint density at radius 1 is 1.67 bits per heavy atom. The van der Waals surface area contributed by atoms with Gasteiger partial charge in [0.1, 0.15) is 0 Å². The van der Waals surface area contributed by atoms with Crippen molar-refractivity contribution in [3.63, 3.8) is 0 Å². The van der Waals surface area contributed by atoms with E-state index in [1.54, 1.807) is 0 Å². The van der Waals surface area contributed by atoms with E-state index in [0.29, 0.717) is 6.41 Å². The molecule has 0 aliphatic carbocycles. The Kier molecular flexibility index (Phi) is 4.20. The number of nitrogens with one attached hydrogen (secondary N) is 3. The zero-order valence-electron chi connectivity index (χ0n) is 5.10. The SMILES string of the molecule is CNC(=O)NCNC=O. The highest BCUT2D eigenvalue weighted by Gasteiger charge is 1.89. The summed E-state index contributed by atoms with van der Waals surface area (Å²) in [6.07, 6.45) is 0.510. The van der Waals surface area contributed by atoms with E-state index < -0.39 is 0 Å². The maximum Gasteiger partial charge on any atom is 0.315 e. The molecule has 0 aliphatic heterocycles. The summed E-state index contributed by atoms with van der Waals surface area (Å²) in [5.74, 6) is 0. The van der Waals surface area contributed by atoms with E-state index in [2.05, 4.69) is 16.0 Å². The summed E-state index contributed by atoms with van der Waals surface area (Å²) in [5, 5.41) is 6.92. The van der Waals surface area contributed by atoms with E-state index in [0.717, 1.165) is 0 Å². The summed E-state index contributed by atoms with van der Waals surface area (Å²) < 4.78 is 0. The second kappa shape index (κ2) is 4.89. The van der Waals surface area contributed by atoms with Crippen molar-refractivity contribution in [3.8, 4) is 0 Å². The van der Waals surface area contributed by atoms with Crippen molar-refractivity contribution in [3.05, 3.63) is 0 Å². The summed E-state index contributed by atoms with van der Waals surface area (Å²) in [6, 6.07) is -0.315. The van der Waals surface area contributed by atoms with Crippen LogP contribution in [0.1, 0.15) is 0 Å². The molecule has 3 amide bonds. The molecule has 0 bridgehead atoms. The number of carbonyl (C=O) groups excluding carboxylic acids is 2. The van der Waals surface area contributed by atoms with Crippen LogP contribution in [-0.4, -0.2) is 26.2 Å². The lowest BCUT2D eigenvalue weighted by molar-refractivity contribution is -0.109. The molecule has 0 fully saturated rings. The Balaban J connectivity index is 3.06. The standard InChI is InChI=1S/C4H9N3O2/c1-5-4(9)7-2-6-3-8/h3H,2H2,1H3,(H,6,8)(H2,5,7,9). The Bertz CT molecular complexity index is 104. The molecule has 0 atom stereocenters. The van der Waals surface area contributed by atoms with Crippen LogP contribution in [0.3, 0.4) is 0 Å². The van der Waals surface area contributed by atoms with E-state index in [9.17, 15) is 9.59 Å². The van der Waals surface area contributed by atoms with Gasteiger partial charge in [-0.1, -0.05) is 0 Å². The van der Waals surface area contributed by atoms with E-state index >= 15 is 0 Å². The molecule has 0 spiro atoms. The smallest absolute Gasteiger partial charge is 0.315 e. The molecule has 0 aromatic heterocycles. The average molecular weight is 131 g/mol. The fourth-order valence-electron chi connectivity index (χ4n) is 0.261. The molecule has 0 saturated carbocycles. The lowest BCUT2D eigenvalue weighted by atomic mass is 10.9. The summed E-state index contributed by atoms with van der Waals surface area (Å²) in [6.45, 7) is 0.156. The minimum absolute atomic E-state index is 0.156. The number of hydrogen-bond acceptors (Lipinski definition) is 2. The van der Waals surface area contributed by atoms with Crippen molar-refractivity contribution < 1.29 is 9.59 Å². The molecule has 9 heavy (non-hydrogen) atoms. The quantitative estimate of drug-likeness (QED) is 0.251. The summed E-state index contributed by atoms with van der Waals surface area (Å²) in [7, 11) is 1.50. The van der Waals surface area contributed by atoms with Crippen LogP contribution in [0, 0.1) is 0 Å². The van der Waals surface area contributed by atoms with E-state index in [4.69, 9.17) is 0 Å². The maximum atomic E-state index is 10.3. The van der Waals surface area contributed by atoms with Crippen LogP contribution in [0.5, 0.6) is 0 Å². The van der Waals surface area contributed by atoms with Crippen molar-refractivity contribution in [1.82, 2.24) is 16.0 Å². The molecule has 0 rings (SSSR count). The van der Waals surface area contributed by atoms with Gasteiger partial charge in [-0.2, -0.15) is 0 Å². The molecule has 5 heteroatoms. The first-order valence-electron chi connectivity index (χ1n) is 2.44. The van der Waals surface area contributed by atoms with Gasteiger partial charge in [-0.15, -0.1) is 0 Å². The van der Waals surface area contributed by atoms with Crippen LogP contribution in [-0.2, 0) is 4.79 Å². The number of hydrogen-bond donors (Lipinski definition) is 3. The third-order valence-corrected chi connectivity index (χ3v) is 0.661. The maximum absolute atomic E-state index is 10.3. The monoisotopic (exact) mass is 131 g/mol. The Morgan fingerprint density at radius 3 is 2.78 bits per heavy atom. The predicted octanol–water partition coefficient (Wildman–Crippen LogP) is -1.38. The van der Waals surface area contributed by atoms with Gasteiger partial charge in [0.25, 0.3) is 0 Å². The Morgan fingerprint density at radius 2 is 2.33 bits per heavy atom. The van der Waals surface area contributed by atoms with E-state index in [-0.39, 0.29) is 12.7 Å². The third kappa shape index (κ3) is 4.60. The van der Waals surface area contributed by atoms with Crippen LogP contribution >= 0.6 is 0 Å². The highest BCUT2D eigenvalue weighted by molar-refractivity contribution is 5.73. The van der Waals surface area contributed by atoms with Gasteiger partial charge in [0.05, 0.1) is 6.67 Å². The van der Waals surface area contributed by atoms with Crippen molar-refractivity contribution in [2.45, 2.75) is 0 Å². The molecular weight excluding hydrogens is 122 g/mol. The van der Waals surface area contributed by atoms with Gasteiger partial charge in [-0.25, -0.2) is 4.79 Å². The number of carbonyl (C=O) groups is 2. The molecule has 0 aliphatic rings. The van der Waals surface area contributed by atoms with Crippen molar-refractivity contribution in [1.29, 1.82) is 0 Å². The molecular formula is C4H9N3O2. The van der Waals surface area contributed by atoms with Crippen LogP contribution in [0.2, 0.25) is 0 Å². The van der Waals surface area contributed by atoms with Crippen LogP contribution < -0.4 is 16.0 Å². The first-order valence-corrected chi connectivity index (χ1v) is 2.44. The van der Waals surface area contributed by atoms with Crippen molar-refractivity contribution >= 4 is 12.4 Å². The number of rotatable bonds is 3. The molecule has 3 N–H and O–H groups in total. The lowest BCUT2D eigenvalue weighted by Crippen LogP contribution is -2.38. The topological polar surface area (TPSA) is 70.2 Å². The fourth-order valence-corrected chi connectivity index (χ4v) is 0.261. The third-order valence-electron chi connectivity index (χ3n) is 0.661. The zero-order chi connectivity index (χ0) is 7.11. The molecule has 52 valence electrons. The van der Waals surface area contributed by atoms with Crippen molar-refractivity contribution in [2.24, 2.45) is 0 Å². The average Bonchev–Trinajstić information content (AvgIpc) is 1.89. The van der Waals surface area contributed by atoms with Gasteiger partial charge in [0.2, 0.25) is 6.41 Å². The van der Waals surface area contributed by atoms with Gasteiger partial charge in [0, 0.05) is 7.05 Å². The van der Waals surface area contributed by atoms with Gasteiger partial charge in [-0.3, -0.25) is 4.79 Å². The van der Waals surface area contributed by atoms with Crippen LogP contribution in [0.4, 0.5) is 4.79 Å². The van der Waals surface area contributed by atoms with Crippen LogP contribution in [0.25, 0.3) is 0 Å². The Hall–Kier alpha value is -1.26. The zero-order valence-corrected chi connectivity index (χ0v) is 5.10. The molecule has 0 radical (unpaired) electrons. The summed E-state index contributed by atoms with van der Waals surface area (Å²) in [5.41, 5.74) is 0. The molecule has 0 aromatic carbocycles. The molecule has 0 saturated heterocycles. The number of amides is 3. The predicted molar refractivity (Wildman–Crippen MR) is 31.7 cm³/mol. The van der Waals surface area contributed by atoms with Gasteiger partial charge >= 0.3 is 6.03 Å².